The van der Waals surface area contributed by atoms with E-state index in [4.69, 9.17) is 0 Å². The molecule has 3 aliphatic carbocycles. The van der Waals surface area contributed by atoms with E-state index in [0.29, 0.717) is 0 Å². The molecule has 306 valence electrons. The summed E-state index contributed by atoms with van der Waals surface area (Å²) in [6, 6.07) is 83.4. The molecule has 3 aliphatic rings. The third-order valence-corrected chi connectivity index (χ3v) is 16.0. The van der Waals surface area contributed by atoms with E-state index in [2.05, 4.69) is 232 Å². The van der Waals surface area contributed by atoms with Crippen LogP contribution < -0.4 is 0 Å². The van der Waals surface area contributed by atoms with E-state index in [9.17, 15) is 0 Å². The highest BCUT2D eigenvalue weighted by molar-refractivity contribution is 6.25. The average Bonchev–Trinajstić information content (AvgIpc) is 3.93. The lowest BCUT2D eigenvalue weighted by atomic mass is 9.69. The van der Waals surface area contributed by atoms with Crippen LogP contribution in [0.15, 0.2) is 218 Å². The summed E-state index contributed by atoms with van der Waals surface area (Å²) in [5.74, 6) is 0. The van der Waals surface area contributed by atoms with Gasteiger partial charge in [-0.05, 0) is 167 Å². The van der Waals surface area contributed by atoms with E-state index < -0.39 is 5.41 Å². The van der Waals surface area contributed by atoms with Crippen molar-refractivity contribution in [1.82, 2.24) is 0 Å². The van der Waals surface area contributed by atoms with Crippen LogP contribution >= 0.6 is 0 Å². The van der Waals surface area contributed by atoms with Gasteiger partial charge >= 0.3 is 0 Å². The normalized spacial score (nSPS) is 14.5. The molecule has 0 saturated heterocycles. The van der Waals surface area contributed by atoms with Crippen molar-refractivity contribution in [3.8, 4) is 55.6 Å². The molecule has 0 aliphatic heterocycles. The molecule has 0 heteroatoms. The molecule has 12 aromatic rings. The maximum absolute atomic E-state index is 2.53. The molecule has 12 aromatic carbocycles. The summed E-state index contributed by atoms with van der Waals surface area (Å²) in [5.41, 5.74) is 20.9. The molecule has 0 nitrogen and oxygen atoms in total. The van der Waals surface area contributed by atoms with Crippen LogP contribution in [-0.4, -0.2) is 0 Å². The fourth-order valence-corrected chi connectivity index (χ4v) is 13.3. The largest absolute Gasteiger partial charge is 0.0731 e. The molecule has 0 heterocycles. The van der Waals surface area contributed by atoms with Crippen LogP contribution in [0, 0.1) is 0 Å². The summed E-state index contributed by atoms with van der Waals surface area (Å²) < 4.78 is 0. The van der Waals surface area contributed by atoms with Crippen molar-refractivity contribution in [2.24, 2.45) is 0 Å². The molecular weight excluding hydrogens is 793 g/mol. The van der Waals surface area contributed by atoms with Gasteiger partial charge in [0.2, 0.25) is 0 Å². The van der Waals surface area contributed by atoms with Crippen molar-refractivity contribution < 1.29 is 0 Å². The van der Waals surface area contributed by atoms with Gasteiger partial charge in [-0.15, -0.1) is 0 Å². The molecule has 0 fully saturated rings. The zero-order valence-electron chi connectivity index (χ0n) is 36.8. The van der Waals surface area contributed by atoms with E-state index in [1.807, 2.05) is 0 Å². The standard InChI is InChI=1S/C66H42/c1-65(2)56-28-14-11-20-44(56)47-33-31-42(38-59(47)65)62-51-26-9-7-24-49(51)61(50-25-8-10-27-52(50)62)41-32-34-53-54(36-41)43-19-5-6-23-48(43)63-55-35-39-17-3-4-18-40(39)37-60(55)66(64(53)63)57-29-15-12-21-45(57)46-22-13-16-30-58(46)66/h3-38H,1-2H3. The first kappa shape index (κ1) is 36.3. The Morgan fingerprint density at radius 2 is 0.697 bits per heavy atom. The van der Waals surface area contributed by atoms with E-state index in [-0.39, 0.29) is 5.41 Å². The Labute approximate surface area is 384 Å². The fourth-order valence-electron chi connectivity index (χ4n) is 13.3. The van der Waals surface area contributed by atoms with Crippen LogP contribution in [0.1, 0.15) is 47.2 Å². The first-order chi connectivity index (χ1) is 32.5. The third kappa shape index (κ3) is 4.44. The maximum Gasteiger partial charge on any atom is 0.0731 e. The predicted octanol–water partition coefficient (Wildman–Crippen LogP) is 17.4. The highest BCUT2D eigenvalue weighted by atomic mass is 14.5. The molecule has 0 saturated carbocycles. The molecular formula is C66H42. The van der Waals surface area contributed by atoms with Crippen LogP contribution in [0.25, 0.3) is 109 Å². The van der Waals surface area contributed by atoms with Gasteiger partial charge in [0.15, 0.2) is 0 Å². The molecule has 0 unspecified atom stereocenters. The van der Waals surface area contributed by atoms with Crippen molar-refractivity contribution in [3.05, 3.63) is 252 Å². The van der Waals surface area contributed by atoms with E-state index >= 15 is 0 Å². The zero-order valence-corrected chi connectivity index (χ0v) is 36.8. The van der Waals surface area contributed by atoms with Crippen molar-refractivity contribution in [2.45, 2.75) is 24.7 Å². The summed E-state index contributed by atoms with van der Waals surface area (Å²) in [7, 11) is 0. The van der Waals surface area contributed by atoms with Crippen LogP contribution in [0.4, 0.5) is 0 Å². The number of hydrogen-bond donors (Lipinski definition) is 0. The molecule has 0 atom stereocenters. The minimum atomic E-state index is -0.488. The lowest BCUT2D eigenvalue weighted by Gasteiger charge is -2.32. The van der Waals surface area contributed by atoms with Gasteiger partial charge in [0.25, 0.3) is 0 Å². The predicted molar refractivity (Wildman–Crippen MR) is 279 cm³/mol. The van der Waals surface area contributed by atoms with Crippen LogP contribution in [-0.2, 0) is 10.8 Å². The Morgan fingerprint density at radius 1 is 0.258 bits per heavy atom. The zero-order chi connectivity index (χ0) is 43.5. The average molecular weight is 835 g/mol. The van der Waals surface area contributed by atoms with Gasteiger partial charge in [0.1, 0.15) is 0 Å². The summed E-state index contributed by atoms with van der Waals surface area (Å²) in [6.07, 6.45) is 0. The Bertz CT molecular complexity index is 4040. The number of hydrogen-bond acceptors (Lipinski definition) is 0. The van der Waals surface area contributed by atoms with Crippen molar-refractivity contribution >= 4 is 53.9 Å². The first-order valence-electron chi connectivity index (χ1n) is 23.4. The number of fused-ring (bicyclic) bond motifs is 21. The Hall–Kier alpha value is -8.06. The summed E-state index contributed by atoms with van der Waals surface area (Å²) >= 11 is 0. The molecule has 0 amide bonds. The lowest BCUT2D eigenvalue weighted by Crippen LogP contribution is -2.26. The molecule has 0 radical (unpaired) electrons. The number of rotatable bonds is 2. The molecule has 0 bridgehead atoms. The third-order valence-electron chi connectivity index (χ3n) is 16.0. The molecule has 15 rings (SSSR count). The van der Waals surface area contributed by atoms with Crippen LogP contribution in [0.2, 0.25) is 0 Å². The highest BCUT2D eigenvalue weighted by Crippen LogP contribution is 2.66. The highest BCUT2D eigenvalue weighted by Gasteiger charge is 2.53. The van der Waals surface area contributed by atoms with Gasteiger partial charge < -0.3 is 0 Å². The molecule has 1 spiro atoms. The topological polar surface area (TPSA) is 0 Å². The van der Waals surface area contributed by atoms with Crippen molar-refractivity contribution in [2.75, 3.05) is 0 Å². The summed E-state index contributed by atoms with van der Waals surface area (Å²) in [4.78, 5) is 0. The van der Waals surface area contributed by atoms with E-state index in [1.165, 1.54) is 143 Å². The van der Waals surface area contributed by atoms with Gasteiger partial charge in [-0.1, -0.05) is 208 Å². The summed E-state index contributed by atoms with van der Waals surface area (Å²) in [5, 5.41) is 12.8. The van der Waals surface area contributed by atoms with Gasteiger partial charge in [0.05, 0.1) is 5.41 Å². The van der Waals surface area contributed by atoms with Crippen LogP contribution in [0.3, 0.4) is 0 Å². The van der Waals surface area contributed by atoms with Gasteiger partial charge in [-0.2, -0.15) is 0 Å². The first-order valence-corrected chi connectivity index (χ1v) is 23.4. The minimum Gasteiger partial charge on any atom is -0.0619 e. The van der Waals surface area contributed by atoms with Gasteiger partial charge in [-0.3, -0.25) is 0 Å². The second-order valence-electron chi connectivity index (χ2n) is 19.4. The quantitative estimate of drug-likeness (QED) is 0.120. The SMILES string of the molecule is CC1(C)c2ccccc2-c2ccc(-c3c4ccccc4c(-c4ccc5c6c(c7ccccc7c5c4)-c4cc5ccccc5cc4C64c5ccccc5-c5ccccc54)c4ccccc34)cc21. The second-order valence-corrected chi connectivity index (χ2v) is 19.4. The molecule has 0 N–H and O–H groups in total. The second kappa shape index (κ2) is 12.8. The molecule has 0 aromatic heterocycles. The van der Waals surface area contributed by atoms with Crippen molar-refractivity contribution in [3.63, 3.8) is 0 Å². The smallest absolute Gasteiger partial charge is 0.0619 e. The Balaban J connectivity index is 1.03. The maximum atomic E-state index is 2.53. The minimum absolute atomic E-state index is 0.0857. The van der Waals surface area contributed by atoms with Crippen LogP contribution in [0.5, 0.6) is 0 Å². The van der Waals surface area contributed by atoms with Gasteiger partial charge in [-0.25, -0.2) is 0 Å². The fraction of sp³-hybridized carbons (Fsp3) is 0.0606. The van der Waals surface area contributed by atoms with Gasteiger partial charge in [0, 0.05) is 5.41 Å². The Morgan fingerprint density at radius 3 is 1.30 bits per heavy atom. The lowest BCUT2D eigenvalue weighted by molar-refractivity contribution is 0.660. The number of benzene rings is 12. The summed E-state index contributed by atoms with van der Waals surface area (Å²) in [6.45, 7) is 4.76. The van der Waals surface area contributed by atoms with E-state index in [0.717, 1.165) is 0 Å². The monoisotopic (exact) mass is 834 g/mol. The van der Waals surface area contributed by atoms with Crippen molar-refractivity contribution in [1.29, 1.82) is 0 Å². The molecule has 66 heavy (non-hydrogen) atoms. The van der Waals surface area contributed by atoms with E-state index in [1.54, 1.807) is 0 Å². The Kier molecular flexibility index (Phi) is 7.04.